The predicted octanol–water partition coefficient (Wildman–Crippen LogP) is 6.80. The number of hydrogen-bond donors (Lipinski definition) is 1. The molecule has 2 aromatic carbocycles. The number of unbranched alkanes of at least 4 members (excludes halogenated alkanes) is 1. The van der Waals surface area contributed by atoms with E-state index in [0.717, 1.165) is 46.4 Å². The van der Waals surface area contributed by atoms with Gasteiger partial charge in [0.1, 0.15) is 11.3 Å². The highest BCUT2D eigenvalue weighted by atomic mass is 79.9. The average molecular weight is 512 g/mol. The van der Waals surface area contributed by atoms with Gasteiger partial charge in [0.2, 0.25) is 0 Å². The first-order valence-corrected chi connectivity index (χ1v) is 11.8. The van der Waals surface area contributed by atoms with E-state index in [0.29, 0.717) is 22.8 Å². The van der Waals surface area contributed by atoms with Crippen LogP contribution in [0.25, 0.3) is 11.2 Å². The van der Waals surface area contributed by atoms with Gasteiger partial charge in [-0.05, 0) is 49.2 Å². The summed E-state index contributed by atoms with van der Waals surface area (Å²) in [6, 6.07) is 17.2. The van der Waals surface area contributed by atoms with E-state index in [1.54, 1.807) is 24.3 Å². The lowest BCUT2D eigenvalue weighted by Gasteiger charge is -2.11. The van der Waals surface area contributed by atoms with E-state index in [1.165, 1.54) is 5.56 Å². The van der Waals surface area contributed by atoms with Crippen LogP contribution in [0.4, 0.5) is 5.69 Å². The molecule has 0 saturated carbocycles. The van der Waals surface area contributed by atoms with Gasteiger partial charge < -0.3 is 9.88 Å². The number of aryl methyl sites for hydroxylation is 2. The molecule has 0 aliphatic carbocycles. The third kappa shape index (κ3) is 4.87. The molecule has 5 nitrogen and oxygen atoms in total. The van der Waals surface area contributed by atoms with Gasteiger partial charge in [-0.2, -0.15) is 0 Å². The first-order valence-electron chi connectivity index (χ1n) is 10.6. The summed E-state index contributed by atoms with van der Waals surface area (Å²) in [5.41, 5.74) is 4.58. The van der Waals surface area contributed by atoms with Gasteiger partial charge in [-0.1, -0.05) is 65.1 Å². The maximum Gasteiger partial charge on any atom is 0.257 e. The smallest absolute Gasteiger partial charge is 0.257 e. The molecule has 2 heterocycles. The summed E-state index contributed by atoms with van der Waals surface area (Å²) in [4.78, 5) is 22.5. The molecule has 1 amide bonds. The molecule has 0 unspecified atom stereocenters. The minimum absolute atomic E-state index is 0.264. The molecule has 0 aliphatic heterocycles. The zero-order chi connectivity index (χ0) is 22.7. The maximum atomic E-state index is 12.8. The van der Waals surface area contributed by atoms with Crippen LogP contribution in [0.5, 0.6) is 0 Å². The summed E-state index contributed by atoms with van der Waals surface area (Å²) in [7, 11) is 0. The first-order chi connectivity index (χ1) is 15.5. The minimum Gasteiger partial charge on any atom is -0.320 e. The number of aromatic nitrogens is 3. The average Bonchev–Trinajstić information content (AvgIpc) is 3.10. The Hall–Kier alpha value is -2.70. The fourth-order valence-corrected chi connectivity index (χ4v) is 4.10. The van der Waals surface area contributed by atoms with Gasteiger partial charge in [-0.15, -0.1) is 0 Å². The molecule has 4 rings (SSSR count). The lowest BCUT2D eigenvalue weighted by atomic mass is 10.2. The second-order valence-corrected chi connectivity index (χ2v) is 9.07. The number of hydrogen-bond acceptors (Lipinski definition) is 3. The number of halogens is 2. The molecule has 0 atom stereocenters. The molecule has 7 heteroatoms. The van der Waals surface area contributed by atoms with E-state index >= 15 is 0 Å². The van der Waals surface area contributed by atoms with Crippen molar-refractivity contribution in [3.8, 4) is 0 Å². The summed E-state index contributed by atoms with van der Waals surface area (Å²) in [6.45, 7) is 4.76. The van der Waals surface area contributed by atoms with Crippen molar-refractivity contribution in [1.82, 2.24) is 14.5 Å². The molecule has 0 aliphatic rings. The highest BCUT2D eigenvalue weighted by Gasteiger charge is 2.17. The van der Waals surface area contributed by atoms with E-state index in [1.807, 2.05) is 25.1 Å². The van der Waals surface area contributed by atoms with Gasteiger partial charge in [-0.3, -0.25) is 4.79 Å². The zero-order valence-corrected chi connectivity index (χ0v) is 20.4. The number of nitrogens with zero attached hydrogens (tertiary/aromatic N) is 3. The van der Waals surface area contributed by atoms with E-state index in [9.17, 15) is 4.79 Å². The van der Waals surface area contributed by atoms with Gasteiger partial charge >= 0.3 is 0 Å². The molecule has 1 N–H and O–H groups in total. The normalized spacial score (nSPS) is 11.1. The number of rotatable bonds is 7. The third-order valence-electron chi connectivity index (χ3n) is 5.36. The van der Waals surface area contributed by atoms with E-state index < -0.39 is 0 Å². The lowest BCUT2D eigenvalue weighted by Crippen LogP contribution is -2.14. The van der Waals surface area contributed by atoms with Crippen LogP contribution >= 0.6 is 27.5 Å². The molecular weight excluding hydrogens is 488 g/mol. The number of anilines is 1. The fraction of sp³-hybridized carbons (Fsp3) is 0.240. The number of fused-ring (bicyclic) bond motifs is 1. The van der Waals surface area contributed by atoms with Crippen molar-refractivity contribution in [3.05, 3.63) is 86.7 Å². The van der Waals surface area contributed by atoms with Crippen molar-refractivity contribution in [2.24, 2.45) is 0 Å². The van der Waals surface area contributed by atoms with Crippen molar-refractivity contribution < 1.29 is 4.79 Å². The van der Waals surface area contributed by atoms with Crippen molar-refractivity contribution in [2.45, 2.75) is 39.7 Å². The van der Waals surface area contributed by atoms with Crippen LogP contribution in [-0.2, 0) is 13.0 Å². The molecule has 2 aromatic heterocycles. The van der Waals surface area contributed by atoms with Gasteiger partial charge in [0.25, 0.3) is 5.91 Å². The summed E-state index contributed by atoms with van der Waals surface area (Å²) < 4.78 is 3.23. The Labute approximate surface area is 201 Å². The topological polar surface area (TPSA) is 59.8 Å². The lowest BCUT2D eigenvalue weighted by molar-refractivity contribution is 0.102. The van der Waals surface area contributed by atoms with E-state index in [4.69, 9.17) is 21.6 Å². The number of imidazole rings is 1. The monoisotopic (exact) mass is 510 g/mol. The highest BCUT2D eigenvalue weighted by Crippen LogP contribution is 2.25. The first kappa shape index (κ1) is 22.5. The molecule has 164 valence electrons. The van der Waals surface area contributed by atoms with Crippen LogP contribution < -0.4 is 5.32 Å². The summed E-state index contributed by atoms with van der Waals surface area (Å²) in [5.74, 6) is 0.742. The van der Waals surface area contributed by atoms with Crippen LogP contribution in [0.3, 0.4) is 0 Å². The van der Waals surface area contributed by atoms with Crippen molar-refractivity contribution in [2.75, 3.05) is 5.32 Å². The minimum atomic E-state index is -0.264. The van der Waals surface area contributed by atoms with Crippen molar-refractivity contribution in [1.29, 1.82) is 0 Å². The number of benzene rings is 2. The number of carbonyl (C=O) groups is 1. The molecule has 32 heavy (non-hydrogen) atoms. The quantitative estimate of drug-likeness (QED) is 0.297. The Morgan fingerprint density at radius 1 is 1.12 bits per heavy atom. The number of pyridine rings is 1. The van der Waals surface area contributed by atoms with E-state index in [-0.39, 0.29) is 5.91 Å². The van der Waals surface area contributed by atoms with Crippen molar-refractivity contribution in [3.63, 3.8) is 0 Å². The van der Waals surface area contributed by atoms with Crippen LogP contribution in [-0.4, -0.2) is 20.4 Å². The largest absolute Gasteiger partial charge is 0.320 e. The Balaban J connectivity index is 1.70. The van der Waals surface area contributed by atoms with Gasteiger partial charge in [-0.25, -0.2) is 9.97 Å². The molecule has 4 aromatic rings. The Kier molecular flexibility index (Phi) is 6.92. The number of amides is 1. The number of nitrogens with one attached hydrogen (secondary N) is 1. The summed E-state index contributed by atoms with van der Waals surface area (Å²) >= 11 is 9.68. The molecule has 0 bridgehead atoms. The second kappa shape index (κ2) is 9.84. The van der Waals surface area contributed by atoms with Crippen LogP contribution in [0.1, 0.15) is 47.2 Å². The summed E-state index contributed by atoms with van der Waals surface area (Å²) in [6.07, 6.45) is 3.02. The van der Waals surface area contributed by atoms with Crippen LogP contribution in [0.15, 0.2) is 59.1 Å². The predicted molar refractivity (Wildman–Crippen MR) is 134 cm³/mol. The fourth-order valence-electron chi connectivity index (χ4n) is 3.61. The van der Waals surface area contributed by atoms with Gasteiger partial charge in [0.15, 0.2) is 5.65 Å². The number of carbonyl (C=O) groups excluding carboxylic acids is 1. The summed E-state index contributed by atoms with van der Waals surface area (Å²) in [5, 5.41) is 3.36. The zero-order valence-electron chi connectivity index (χ0n) is 18.0. The third-order valence-corrected chi connectivity index (χ3v) is 6.22. The Morgan fingerprint density at radius 2 is 1.88 bits per heavy atom. The van der Waals surface area contributed by atoms with E-state index in [2.05, 4.69) is 44.9 Å². The maximum absolute atomic E-state index is 12.8. The SMILES string of the molecule is CCCCc1nc2cc(NC(=O)c3ccccc3Cl)c(C)nc2n1Cc1ccc(Br)cc1. The van der Waals surface area contributed by atoms with Gasteiger partial charge in [0.05, 0.1) is 28.5 Å². The van der Waals surface area contributed by atoms with Crippen LogP contribution in [0, 0.1) is 6.92 Å². The van der Waals surface area contributed by atoms with Gasteiger partial charge in [0, 0.05) is 10.9 Å². The van der Waals surface area contributed by atoms with Crippen molar-refractivity contribution >= 4 is 50.3 Å². The molecule has 0 spiro atoms. The Morgan fingerprint density at radius 3 is 2.59 bits per heavy atom. The Bertz CT molecular complexity index is 1270. The molecule has 0 saturated heterocycles. The molecule has 0 radical (unpaired) electrons. The van der Waals surface area contributed by atoms with Crippen LogP contribution in [0.2, 0.25) is 5.02 Å². The molecular formula is C25H24BrClN4O. The second-order valence-electron chi connectivity index (χ2n) is 7.74. The standard InChI is InChI=1S/C25H24BrClN4O/c1-3-4-9-23-29-22-14-21(30-25(32)19-7-5-6-8-20(19)27)16(2)28-24(22)31(23)15-17-10-12-18(26)13-11-17/h5-8,10-14H,3-4,9,15H2,1-2H3,(H,30,32). The highest BCUT2D eigenvalue weighted by molar-refractivity contribution is 9.10. The molecule has 0 fully saturated rings.